The Hall–Kier alpha value is -3.73. The van der Waals surface area contributed by atoms with Gasteiger partial charge in [0, 0.05) is 11.3 Å². The van der Waals surface area contributed by atoms with Gasteiger partial charge < -0.3 is 20.6 Å². The molecule has 0 radical (unpaired) electrons. The molecule has 166 valence electrons. The lowest BCUT2D eigenvalue weighted by Gasteiger charge is -2.07. The van der Waals surface area contributed by atoms with Gasteiger partial charge in [0.05, 0.1) is 11.5 Å². The summed E-state index contributed by atoms with van der Waals surface area (Å²) in [6.07, 6.45) is 0. The number of amides is 1. The number of carbonyl (C=O) groups is 1. The zero-order valence-electron chi connectivity index (χ0n) is 17.9. The van der Waals surface area contributed by atoms with Gasteiger partial charge in [0.15, 0.2) is 11.5 Å². The van der Waals surface area contributed by atoms with Crippen LogP contribution < -0.4 is 26.1 Å². The first kappa shape index (κ1) is 21.5. The fourth-order valence-corrected chi connectivity index (χ4v) is 3.57. The molecule has 0 fully saturated rings. The zero-order chi connectivity index (χ0) is 22.7. The Labute approximate surface area is 189 Å². The molecule has 3 aromatic rings. The smallest absolute Gasteiger partial charge is 0.264 e. The number of hydrogen-bond donors (Lipinski definition) is 3. The third-order valence-corrected chi connectivity index (χ3v) is 5.84. The van der Waals surface area contributed by atoms with Gasteiger partial charge in [-0.15, -0.1) is 10.2 Å². The first-order valence-corrected chi connectivity index (χ1v) is 10.8. The van der Waals surface area contributed by atoms with Crippen molar-refractivity contribution in [2.45, 2.75) is 25.9 Å². The summed E-state index contributed by atoms with van der Waals surface area (Å²) in [6, 6.07) is 11.4. The second-order valence-corrected chi connectivity index (χ2v) is 8.13. The molecule has 10 nitrogen and oxygen atoms in total. The Balaban J connectivity index is 1.34. The number of rotatable bonds is 7. The molecule has 0 aliphatic carbocycles. The number of ether oxygens (including phenoxy) is 2. The Morgan fingerprint density at radius 2 is 1.97 bits per heavy atom. The van der Waals surface area contributed by atoms with Crippen molar-refractivity contribution in [1.82, 2.24) is 14.9 Å². The molecule has 1 aliphatic rings. The number of aryl methyl sites for hydroxylation is 2. The van der Waals surface area contributed by atoms with Gasteiger partial charge in [0.2, 0.25) is 17.9 Å². The number of nitrogens with two attached hydrogens (primary N) is 1. The van der Waals surface area contributed by atoms with Crippen molar-refractivity contribution in [2.24, 2.45) is 5.10 Å². The highest BCUT2D eigenvalue weighted by Gasteiger charge is 2.15. The molecule has 32 heavy (non-hydrogen) atoms. The number of nitrogens with one attached hydrogen (secondary N) is 2. The number of hydrogen-bond acceptors (Lipinski definition) is 9. The number of carbonyl (C=O) groups excluding carboxylic acids is 1. The summed E-state index contributed by atoms with van der Waals surface area (Å²) in [5.74, 6) is 7.67. The average Bonchev–Trinajstić information content (AvgIpc) is 3.39. The van der Waals surface area contributed by atoms with Gasteiger partial charge in [0.1, 0.15) is 0 Å². The van der Waals surface area contributed by atoms with Gasteiger partial charge in [-0.2, -0.15) is 5.10 Å². The maximum absolute atomic E-state index is 12.3. The molecule has 0 spiro atoms. The van der Waals surface area contributed by atoms with Crippen LogP contribution in [0.2, 0.25) is 0 Å². The van der Waals surface area contributed by atoms with Crippen molar-refractivity contribution >= 4 is 35.0 Å². The molecule has 0 unspecified atom stereocenters. The van der Waals surface area contributed by atoms with Crippen LogP contribution in [0.25, 0.3) is 0 Å². The standard InChI is InChI=1S/C21H23N7O3S/c1-12-4-6-16(8-13(12)2)23-19(29)10-32-21-27-26-20(28(21)22)25-24-14(3)15-5-7-17-18(9-15)31-11-30-17/h4-9H,10-11,22H2,1-3H3,(H,23,29)(H,25,26)/b24-14+. The van der Waals surface area contributed by atoms with Crippen molar-refractivity contribution in [3.8, 4) is 11.5 Å². The first-order valence-electron chi connectivity index (χ1n) is 9.81. The Bertz CT molecular complexity index is 1190. The number of benzene rings is 2. The lowest BCUT2D eigenvalue weighted by molar-refractivity contribution is -0.113. The predicted octanol–water partition coefficient (Wildman–Crippen LogP) is 2.90. The zero-order valence-corrected chi connectivity index (χ0v) is 18.7. The van der Waals surface area contributed by atoms with Crippen molar-refractivity contribution in [1.29, 1.82) is 0 Å². The summed E-state index contributed by atoms with van der Waals surface area (Å²) < 4.78 is 12.0. The van der Waals surface area contributed by atoms with E-state index in [1.54, 1.807) is 0 Å². The van der Waals surface area contributed by atoms with Gasteiger partial charge in [-0.3, -0.25) is 4.79 Å². The highest BCUT2D eigenvalue weighted by atomic mass is 32.2. The predicted molar refractivity (Wildman–Crippen MR) is 124 cm³/mol. The second-order valence-electron chi connectivity index (χ2n) is 7.19. The number of hydrazone groups is 1. The molecule has 4 rings (SSSR count). The number of nitrogens with zero attached hydrogens (tertiary/aromatic N) is 4. The molecule has 0 saturated heterocycles. The summed E-state index contributed by atoms with van der Waals surface area (Å²) in [4.78, 5) is 12.3. The summed E-state index contributed by atoms with van der Waals surface area (Å²) in [7, 11) is 0. The summed E-state index contributed by atoms with van der Waals surface area (Å²) >= 11 is 1.18. The van der Waals surface area contributed by atoms with Crippen LogP contribution in [0, 0.1) is 13.8 Å². The second kappa shape index (κ2) is 9.18. The quantitative estimate of drug-likeness (QED) is 0.216. The van der Waals surface area contributed by atoms with Crippen LogP contribution in [0.15, 0.2) is 46.7 Å². The van der Waals surface area contributed by atoms with Gasteiger partial charge in [0.25, 0.3) is 5.95 Å². The van der Waals surface area contributed by atoms with Gasteiger partial charge in [-0.1, -0.05) is 17.8 Å². The van der Waals surface area contributed by atoms with E-state index in [-0.39, 0.29) is 24.4 Å². The fraction of sp³-hybridized carbons (Fsp3) is 0.238. The molecule has 0 atom stereocenters. The maximum Gasteiger partial charge on any atom is 0.264 e. The number of thioether (sulfide) groups is 1. The Morgan fingerprint density at radius 1 is 1.16 bits per heavy atom. The average molecular weight is 454 g/mol. The highest BCUT2D eigenvalue weighted by Crippen LogP contribution is 2.32. The summed E-state index contributed by atoms with van der Waals surface area (Å²) in [5.41, 5.74) is 7.41. The van der Waals surface area contributed by atoms with E-state index in [1.165, 1.54) is 22.0 Å². The third kappa shape index (κ3) is 4.78. The van der Waals surface area contributed by atoms with Gasteiger partial charge >= 0.3 is 0 Å². The lowest BCUT2D eigenvalue weighted by atomic mass is 10.1. The molecule has 0 saturated carbocycles. The normalized spacial score (nSPS) is 12.7. The molecule has 2 heterocycles. The largest absolute Gasteiger partial charge is 0.454 e. The van der Waals surface area contributed by atoms with Crippen LogP contribution in [0.3, 0.4) is 0 Å². The monoisotopic (exact) mass is 453 g/mol. The summed E-state index contributed by atoms with van der Waals surface area (Å²) in [5, 5.41) is 15.6. The highest BCUT2D eigenvalue weighted by molar-refractivity contribution is 7.99. The van der Waals surface area contributed by atoms with E-state index in [9.17, 15) is 4.79 Å². The van der Waals surface area contributed by atoms with Crippen LogP contribution in [0.1, 0.15) is 23.6 Å². The topological polar surface area (TPSA) is 129 Å². The molecule has 11 heteroatoms. The number of fused-ring (bicyclic) bond motifs is 1. The minimum atomic E-state index is -0.160. The fourth-order valence-electron chi connectivity index (χ4n) is 2.92. The van der Waals surface area contributed by atoms with Crippen LogP contribution in [0.4, 0.5) is 11.6 Å². The van der Waals surface area contributed by atoms with E-state index in [0.29, 0.717) is 22.4 Å². The minimum absolute atomic E-state index is 0.141. The number of aromatic nitrogens is 3. The molecular formula is C21H23N7O3S. The van der Waals surface area contributed by atoms with E-state index >= 15 is 0 Å². The Kier molecular flexibility index (Phi) is 6.17. The molecule has 1 amide bonds. The number of nitrogen functional groups attached to an aromatic ring is 1. The van der Waals surface area contributed by atoms with Gasteiger partial charge in [-0.05, 0) is 62.2 Å². The van der Waals surface area contributed by atoms with Crippen molar-refractivity contribution in [3.63, 3.8) is 0 Å². The van der Waals surface area contributed by atoms with E-state index < -0.39 is 0 Å². The first-order chi connectivity index (χ1) is 15.4. The van der Waals surface area contributed by atoms with E-state index in [0.717, 1.165) is 16.8 Å². The van der Waals surface area contributed by atoms with Crippen LogP contribution in [-0.4, -0.2) is 39.0 Å². The van der Waals surface area contributed by atoms with Crippen molar-refractivity contribution < 1.29 is 14.3 Å². The molecule has 1 aromatic heterocycles. The van der Waals surface area contributed by atoms with Crippen molar-refractivity contribution in [2.75, 3.05) is 29.1 Å². The maximum atomic E-state index is 12.3. The van der Waals surface area contributed by atoms with Crippen LogP contribution in [-0.2, 0) is 4.79 Å². The SMILES string of the molecule is C/C(=N\Nc1nnc(SCC(=O)Nc2ccc(C)c(C)c2)n1N)c1ccc2c(c1)OCO2. The number of anilines is 2. The Morgan fingerprint density at radius 3 is 2.78 bits per heavy atom. The minimum Gasteiger partial charge on any atom is -0.454 e. The van der Waals surface area contributed by atoms with E-state index in [1.807, 2.05) is 57.2 Å². The third-order valence-electron chi connectivity index (χ3n) is 4.90. The summed E-state index contributed by atoms with van der Waals surface area (Å²) in [6.45, 7) is 6.08. The van der Waals surface area contributed by atoms with Crippen molar-refractivity contribution in [3.05, 3.63) is 53.1 Å². The molecule has 0 bridgehead atoms. The molecular weight excluding hydrogens is 430 g/mol. The molecule has 4 N–H and O–H groups in total. The van der Waals surface area contributed by atoms with Gasteiger partial charge in [-0.25, -0.2) is 10.1 Å². The van der Waals surface area contributed by atoms with Crippen LogP contribution in [0.5, 0.6) is 11.5 Å². The van der Waals surface area contributed by atoms with E-state index in [2.05, 4.69) is 26.0 Å². The van der Waals surface area contributed by atoms with E-state index in [4.69, 9.17) is 15.3 Å². The lowest BCUT2D eigenvalue weighted by Crippen LogP contribution is -2.17. The van der Waals surface area contributed by atoms with Crippen LogP contribution >= 0.6 is 11.8 Å². The molecule has 1 aliphatic heterocycles. The molecule has 2 aromatic carbocycles.